The van der Waals surface area contributed by atoms with Crippen molar-refractivity contribution < 1.29 is 34.8 Å². The van der Waals surface area contributed by atoms with Crippen molar-refractivity contribution in [3.05, 3.63) is 23.8 Å². The zero-order chi connectivity index (χ0) is 24.2. The summed E-state index contributed by atoms with van der Waals surface area (Å²) in [5, 5.41) is 32.5. The van der Waals surface area contributed by atoms with Crippen molar-refractivity contribution in [1.82, 2.24) is 0 Å². The summed E-state index contributed by atoms with van der Waals surface area (Å²) in [7, 11) is 0. The molecular weight excluding hydrogens is 363 g/mol. The molecule has 0 aromatic rings. The maximum atomic E-state index is 17.1. The first kappa shape index (κ1) is 15.5. The molecule has 0 aromatic carbocycles. The minimum absolute atomic E-state index is 0.0236. The molecule has 5 nitrogen and oxygen atoms in total. The van der Waals surface area contributed by atoms with Gasteiger partial charge in [-0.25, -0.2) is 4.39 Å². The smallest absolute Gasteiger partial charge is 0.190 e. The lowest BCUT2D eigenvalue weighted by atomic mass is 9.44. The number of carbonyl (C=O) groups is 2. The van der Waals surface area contributed by atoms with Gasteiger partial charge in [0.2, 0.25) is 0 Å². The molecule has 4 rings (SSSR count). The predicted molar refractivity (Wildman–Crippen MR) is 99.9 cm³/mol. The summed E-state index contributed by atoms with van der Waals surface area (Å²) in [6.07, 6.45) is -0.755. The van der Waals surface area contributed by atoms with Gasteiger partial charge < -0.3 is 15.3 Å². The molecule has 0 spiro atoms. The van der Waals surface area contributed by atoms with Crippen molar-refractivity contribution in [2.45, 2.75) is 63.8 Å². The number of rotatable bonds is 2. The number of allylic oxidation sites excluding steroid dienone is 4. The lowest BCUT2D eigenvalue weighted by Gasteiger charge is -2.62. The Kier molecular flexibility index (Phi) is 3.22. The highest BCUT2D eigenvalue weighted by Gasteiger charge is 2.75. The quantitative estimate of drug-likeness (QED) is 0.663. The Labute approximate surface area is 169 Å². The molecule has 0 aromatic heterocycles. The summed E-state index contributed by atoms with van der Waals surface area (Å²) in [5.74, 6) is -4.55. The second-order valence-corrected chi connectivity index (χ2v) is 9.34. The van der Waals surface area contributed by atoms with E-state index in [1.807, 2.05) is 0 Å². The summed E-state index contributed by atoms with van der Waals surface area (Å²) in [5.41, 5.74) is -7.72. The number of alkyl halides is 1. The largest absolute Gasteiger partial charge is 0.390 e. The second kappa shape index (κ2) is 5.83. The van der Waals surface area contributed by atoms with Crippen molar-refractivity contribution >= 4 is 11.6 Å². The summed E-state index contributed by atoms with van der Waals surface area (Å²) in [4.78, 5) is 25.0. The van der Waals surface area contributed by atoms with Gasteiger partial charge in [-0.1, -0.05) is 25.5 Å². The SMILES string of the molecule is [2H]C1=C2[C@@H]([2H])C[C@H]3[C@@H]4C[C@@H](C)[C@](O)(C(=O)C([2H])([2H])O)[C@@]4(C)C[C@H](O)[C@]3(F)[C@@]2(C)C=CC1=O. The maximum absolute atomic E-state index is 17.1. The van der Waals surface area contributed by atoms with E-state index < -0.39 is 76.5 Å². The van der Waals surface area contributed by atoms with Gasteiger partial charge in [-0.05, 0) is 56.5 Å². The molecule has 9 atom stereocenters. The number of halogens is 1. The van der Waals surface area contributed by atoms with Crippen LogP contribution in [0.15, 0.2) is 23.8 Å². The highest BCUT2D eigenvalue weighted by molar-refractivity contribution is 6.01. The van der Waals surface area contributed by atoms with Crippen LogP contribution < -0.4 is 0 Å². The first-order valence-corrected chi connectivity index (χ1v) is 9.71. The lowest BCUT2D eigenvalue weighted by Crippen LogP contribution is -2.69. The Morgan fingerprint density at radius 1 is 1.46 bits per heavy atom. The molecule has 3 saturated carbocycles. The van der Waals surface area contributed by atoms with Crippen molar-refractivity contribution in [2.24, 2.45) is 28.6 Å². The molecule has 0 amide bonds. The monoisotopic (exact) mass is 396 g/mol. The van der Waals surface area contributed by atoms with Gasteiger partial charge in [0.1, 0.15) is 12.2 Å². The first-order valence-electron chi connectivity index (χ1n) is 11.8. The number of carbonyl (C=O) groups excluding carboxylic acids is 2. The average molecular weight is 396 g/mol. The molecule has 0 bridgehead atoms. The van der Waals surface area contributed by atoms with Gasteiger partial charge in [0, 0.05) is 18.1 Å². The van der Waals surface area contributed by atoms with Crippen molar-refractivity contribution in [3.63, 3.8) is 0 Å². The average Bonchev–Trinajstić information content (AvgIpc) is 2.87. The molecule has 0 saturated heterocycles. The molecule has 4 aliphatic rings. The lowest BCUT2D eigenvalue weighted by molar-refractivity contribution is -0.219. The van der Waals surface area contributed by atoms with Gasteiger partial charge in [0.05, 0.1) is 10.2 Å². The van der Waals surface area contributed by atoms with Gasteiger partial charge in [0.25, 0.3) is 0 Å². The second-order valence-electron chi connectivity index (χ2n) is 9.34. The van der Waals surface area contributed by atoms with E-state index in [0.717, 1.165) is 6.08 Å². The minimum atomic E-state index is -3.31. The summed E-state index contributed by atoms with van der Waals surface area (Å²) < 4.78 is 48.9. The van der Waals surface area contributed by atoms with Crippen molar-refractivity contribution in [2.75, 3.05) is 6.56 Å². The van der Waals surface area contributed by atoms with Crippen LogP contribution in [0.25, 0.3) is 0 Å². The Morgan fingerprint density at radius 2 is 2.14 bits per heavy atom. The topological polar surface area (TPSA) is 94.8 Å². The highest BCUT2D eigenvalue weighted by Crippen LogP contribution is 2.70. The van der Waals surface area contributed by atoms with Gasteiger partial charge in [-0.15, -0.1) is 0 Å². The van der Waals surface area contributed by atoms with Crippen LogP contribution in [0, 0.1) is 28.6 Å². The van der Waals surface area contributed by atoms with E-state index in [1.54, 1.807) is 0 Å². The van der Waals surface area contributed by atoms with E-state index in [-0.39, 0.29) is 24.8 Å². The fourth-order valence-electron chi connectivity index (χ4n) is 6.78. The first-order chi connectivity index (χ1) is 14.5. The molecule has 6 heteroatoms. The zero-order valence-electron chi connectivity index (χ0n) is 20.2. The molecule has 0 aliphatic heterocycles. The highest BCUT2D eigenvalue weighted by atomic mass is 19.1. The van der Waals surface area contributed by atoms with E-state index in [2.05, 4.69) is 0 Å². The third-order valence-corrected chi connectivity index (χ3v) is 8.34. The minimum Gasteiger partial charge on any atom is -0.390 e. The van der Waals surface area contributed by atoms with Crippen LogP contribution in [0.5, 0.6) is 0 Å². The fourth-order valence-corrected chi connectivity index (χ4v) is 6.78. The number of ketones is 2. The number of hydrogen-bond donors (Lipinski definition) is 3. The third kappa shape index (κ3) is 2.01. The molecule has 0 unspecified atom stereocenters. The normalized spacial score (nSPS) is 58.1. The molecule has 3 fully saturated rings. The third-order valence-electron chi connectivity index (χ3n) is 8.34. The van der Waals surface area contributed by atoms with Crippen LogP contribution in [0.2, 0.25) is 0 Å². The number of fused-ring (bicyclic) bond motifs is 5. The molecule has 3 N–H and O–H groups in total. The van der Waals surface area contributed by atoms with E-state index >= 15 is 4.39 Å². The molecule has 154 valence electrons. The zero-order valence-corrected chi connectivity index (χ0v) is 16.2. The molecule has 4 aliphatic carbocycles. The van der Waals surface area contributed by atoms with Gasteiger partial charge >= 0.3 is 0 Å². The number of aliphatic hydroxyl groups excluding tert-OH is 1. The summed E-state index contributed by atoms with van der Waals surface area (Å²) >= 11 is 0. The van der Waals surface area contributed by atoms with E-state index in [0.29, 0.717) is 0 Å². The van der Waals surface area contributed by atoms with Gasteiger partial charge in [0.15, 0.2) is 17.2 Å². The Hall–Kier alpha value is -1.37. The van der Waals surface area contributed by atoms with Crippen molar-refractivity contribution in [1.29, 1.82) is 0 Å². The van der Waals surface area contributed by atoms with Crippen LogP contribution in [0.3, 0.4) is 0 Å². The van der Waals surface area contributed by atoms with Gasteiger partial charge in [-0.2, -0.15) is 0 Å². The van der Waals surface area contributed by atoms with Crippen LogP contribution in [-0.2, 0) is 9.59 Å². The summed E-state index contributed by atoms with van der Waals surface area (Å²) in [6, 6.07) is -0.439. The van der Waals surface area contributed by atoms with Crippen LogP contribution in [-0.4, -0.2) is 50.8 Å². The molecule has 0 heterocycles. The van der Waals surface area contributed by atoms with Gasteiger partial charge in [-0.3, -0.25) is 9.59 Å². The number of hydrogen-bond acceptors (Lipinski definition) is 5. The molecule has 0 radical (unpaired) electrons. The fraction of sp³-hybridized carbons (Fsp3) is 0.727. The number of aliphatic hydroxyl groups is 3. The molecular formula is C22H29FO5. The Bertz CT molecular complexity index is 962. The Morgan fingerprint density at radius 3 is 2.79 bits per heavy atom. The van der Waals surface area contributed by atoms with E-state index in [1.165, 1.54) is 26.8 Å². The predicted octanol–water partition coefficient (Wildman–Crippen LogP) is 1.90. The van der Waals surface area contributed by atoms with Crippen LogP contribution in [0.4, 0.5) is 4.39 Å². The number of Topliss-reactive ketones (excluding diaryl/α,β-unsaturated/α-hetero) is 1. The van der Waals surface area contributed by atoms with Crippen LogP contribution >= 0.6 is 0 Å². The van der Waals surface area contributed by atoms with Crippen LogP contribution in [0.1, 0.15) is 51.9 Å². The standard InChI is InChI=1S/C22H29FO5/c1-12-8-16-15-5-4-13-9-14(25)6-7-19(13,2)21(15,23)17(26)10-20(16,3)22(12,28)18(27)11-24/h6-7,9,12,15-17,24,26,28H,4-5,8,10-11H2,1-3H3/t12-,15+,16+,17+,19+,20+,21+,22+/m1/s1/i4D,9D,11D2/t4-,12+,15-,16-,17-,19-,20-,21-,22-/m0. The maximum Gasteiger partial charge on any atom is 0.190 e. The summed E-state index contributed by atoms with van der Waals surface area (Å²) in [6.45, 7) is 1.21. The van der Waals surface area contributed by atoms with Crippen molar-refractivity contribution in [3.8, 4) is 0 Å². The van der Waals surface area contributed by atoms with E-state index in [4.69, 9.17) is 5.48 Å². The Balaban J connectivity index is 1.89. The molecule has 28 heavy (non-hydrogen) atoms. The van der Waals surface area contributed by atoms with E-state index in [9.17, 15) is 24.9 Å².